The molecule has 0 heterocycles. The zero-order valence-corrected chi connectivity index (χ0v) is 17.4. The Kier molecular flexibility index (Phi) is 6.04. The van der Waals surface area contributed by atoms with Gasteiger partial charge in [0.15, 0.2) is 0 Å². The minimum absolute atomic E-state index is 0.242. The third-order valence-corrected chi connectivity index (χ3v) is 9.50. The summed E-state index contributed by atoms with van der Waals surface area (Å²) < 4.78 is 6.37. The first-order chi connectivity index (χ1) is 11.3. The quantitative estimate of drug-likeness (QED) is 0.580. The van der Waals surface area contributed by atoms with Gasteiger partial charge in [0.2, 0.25) is 0 Å². The number of rotatable bonds is 5. The van der Waals surface area contributed by atoms with Gasteiger partial charge in [0.25, 0.3) is 0 Å². The SMILES string of the molecule is CCOC(=O)c1c[c]([Sn]([CH3])([CH3])[CH3])ccc1NC(=O)c1ccccc1. The molecule has 0 aliphatic heterocycles. The number of benzene rings is 2. The number of anilines is 1. The van der Waals surface area contributed by atoms with Crippen molar-refractivity contribution in [2.45, 2.75) is 21.7 Å². The Bertz CT molecular complexity index is 736. The van der Waals surface area contributed by atoms with Gasteiger partial charge in [-0.2, -0.15) is 0 Å². The van der Waals surface area contributed by atoms with Gasteiger partial charge in [0.05, 0.1) is 0 Å². The molecule has 0 aromatic heterocycles. The van der Waals surface area contributed by atoms with E-state index in [-0.39, 0.29) is 5.91 Å². The van der Waals surface area contributed by atoms with Crippen molar-refractivity contribution in [3.05, 3.63) is 59.7 Å². The molecule has 1 N–H and O–H groups in total. The van der Waals surface area contributed by atoms with Gasteiger partial charge in [-0.15, -0.1) is 0 Å². The first-order valence-electron chi connectivity index (χ1n) is 8.01. The Hall–Kier alpha value is -1.82. The standard InChI is InChI=1S/C16H14NO3.3CH3.Sn/c1-2-20-16(19)13-10-6-7-11-14(13)17-15(18)12-8-4-3-5-9-12;;;;/h3-5,7-11H,2H2,1H3,(H,17,18);3*1H3;. The van der Waals surface area contributed by atoms with Crippen LogP contribution in [0.25, 0.3) is 0 Å². The molecule has 0 saturated carbocycles. The summed E-state index contributed by atoms with van der Waals surface area (Å²) in [5.41, 5.74) is 1.46. The van der Waals surface area contributed by atoms with Crippen LogP contribution in [0, 0.1) is 0 Å². The van der Waals surface area contributed by atoms with Crippen LogP contribution in [0.1, 0.15) is 27.6 Å². The van der Waals surface area contributed by atoms with Crippen LogP contribution in [0.5, 0.6) is 0 Å². The van der Waals surface area contributed by atoms with Gasteiger partial charge in [-0.3, -0.25) is 0 Å². The molecule has 2 aromatic rings. The molecule has 4 nitrogen and oxygen atoms in total. The molecule has 0 aliphatic rings. The summed E-state index contributed by atoms with van der Waals surface area (Å²) in [7, 11) is 0. The second kappa shape index (κ2) is 7.83. The normalized spacial score (nSPS) is 11.0. The Morgan fingerprint density at radius 3 is 2.29 bits per heavy atom. The van der Waals surface area contributed by atoms with E-state index in [2.05, 4.69) is 20.1 Å². The van der Waals surface area contributed by atoms with Gasteiger partial charge in [-0.25, -0.2) is 0 Å². The second-order valence-corrected chi connectivity index (χ2v) is 21.0. The van der Waals surface area contributed by atoms with Gasteiger partial charge < -0.3 is 0 Å². The molecule has 126 valence electrons. The van der Waals surface area contributed by atoms with Crippen LogP contribution in [-0.2, 0) is 4.74 Å². The van der Waals surface area contributed by atoms with Crippen molar-refractivity contribution < 1.29 is 14.3 Å². The number of esters is 1. The van der Waals surface area contributed by atoms with Crippen molar-refractivity contribution in [2.75, 3.05) is 11.9 Å². The van der Waals surface area contributed by atoms with E-state index < -0.39 is 24.3 Å². The summed E-state index contributed by atoms with van der Waals surface area (Å²) in [6.45, 7) is 2.07. The van der Waals surface area contributed by atoms with Crippen LogP contribution < -0.4 is 8.90 Å². The molecular weight excluding hydrogens is 409 g/mol. The summed E-state index contributed by atoms with van der Waals surface area (Å²) in [6.07, 6.45) is 0. The number of carbonyl (C=O) groups excluding carboxylic acids is 2. The topological polar surface area (TPSA) is 55.4 Å². The zero-order chi connectivity index (χ0) is 17.7. The number of nitrogens with one attached hydrogen (secondary N) is 1. The number of hydrogen-bond donors (Lipinski definition) is 1. The van der Waals surface area contributed by atoms with Crippen molar-refractivity contribution in [1.82, 2.24) is 0 Å². The summed E-state index contributed by atoms with van der Waals surface area (Å²) >= 11 is -2.33. The van der Waals surface area contributed by atoms with E-state index in [1.165, 1.54) is 3.58 Å². The number of ether oxygens (including phenoxy) is 1. The molecule has 0 unspecified atom stereocenters. The van der Waals surface area contributed by atoms with Crippen LogP contribution in [0.4, 0.5) is 5.69 Å². The number of hydrogen-bond acceptors (Lipinski definition) is 3. The molecule has 2 rings (SSSR count). The zero-order valence-electron chi connectivity index (χ0n) is 14.6. The monoisotopic (exact) mass is 433 g/mol. The van der Waals surface area contributed by atoms with Crippen molar-refractivity contribution >= 4 is 39.5 Å². The van der Waals surface area contributed by atoms with E-state index in [9.17, 15) is 9.59 Å². The Morgan fingerprint density at radius 2 is 1.71 bits per heavy atom. The number of carbonyl (C=O) groups is 2. The Balaban J connectivity index is 2.38. The van der Waals surface area contributed by atoms with Crippen LogP contribution in [0.15, 0.2) is 48.5 Å². The van der Waals surface area contributed by atoms with E-state index in [0.717, 1.165) is 0 Å². The molecule has 2 aromatic carbocycles. The van der Waals surface area contributed by atoms with E-state index >= 15 is 0 Å². The summed E-state index contributed by atoms with van der Waals surface area (Å²) in [6, 6.07) is 14.6. The average Bonchev–Trinajstić information content (AvgIpc) is 2.55. The first kappa shape index (κ1) is 18.5. The molecule has 0 spiro atoms. The fourth-order valence-electron chi connectivity index (χ4n) is 2.28. The van der Waals surface area contributed by atoms with Gasteiger partial charge in [-0.1, -0.05) is 0 Å². The van der Waals surface area contributed by atoms with Crippen LogP contribution in [0.2, 0.25) is 14.8 Å². The van der Waals surface area contributed by atoms with E-state index in [1.54, 1.807) is 31.2 Å². The van der Waals surface area contributed by atoms with Gasteiger partial charge in [-0.05, 0) is 0 Å². The molecule has 24 heavy (non-hydrogen) atoms. The molecule has 0 radical (unpaired) electrons. The van der Waals surface area contributed by atoms with Gasteiger partial charge in [0.1, 0.15) is 0 Å². The minimum atomic E-state index is -2.33. The predicted octanol–water partition coefficient (Wildman–Crippen LogP) is 3.66. The maximum absolute atomic E-state index is 12.4. The van der Waals surface area contributed by atoms with E-state index in [0.29, 0.717) is 23.4 Å². The van der Waals surface area contributed by atoms with Gasteiger partial charge in [0, 0.05) is 0 Å². The van der Waals surface area contributed by atoms with Gasteiger partial charge >= 0.3 is 147 Å². The van der Waals surface area contributed by atoms with Crippen molar-refractivity contribution in [2.24, 2.45) is 0 Å². The molecule has 0 atom stereocenters. The van der Waals surface area contributed by atoms with Crippen LogP contribution in [0.3, 0.4) is 0 Å². The van der Waals surface area contributed by atoms with Crippen molar-refractivity contribution in [3.8, 4) is 0 Å². The molecular formula is C19H23NO3Sn. The molecule has 5 heteroatoms. The molecule has 0 saturated heterocycles. The third kappa shape index (κ3) is 4.60. The fraction of sp³-hybridized carbons (Fsp3) is 0.263. The molecule has 0 bridgehead atoms. The van der Waals surface area contributed by atoms with Crippen LogP contribution >= 0.6 is 0 Å². The Labute approximate surface area is 147 Å². The van der Waals surface area contributed by atoms with Crippen molar-refractivity contribution in [1.29, 1.82) is 0 Å². The van der Waals surface area contributed by atoms with E-state index in [4.69, 9.17) is 4.74 Å². The fourth-order valence-corrected chi connectivity index (χ4v) is 5.59. The second-order valence-electron chi connectivity index (χ2n) is 6.55. The maximum atomic E-state index is 12.4. The number of amides is 1. The molecule has 0 aliphatic carbocycles. The Morgan fingerprint density at radius 1 is 1.04 bits per heavy atom. The summed E-state index contributed by atoms with van der Waals surface area (Å²) in [5, 5.41) is 2.83. The molecule has 0 fully saturated rings. The third-order valence-electron chi connectivity index (χ3n) is 3.67. The summed E-state index contributed by atoms with van der Waals surface area (Å²) in [4.78, 5) is 31.5. The first-order valence-corrected chi connectivity index (χ1v) is 18.0. The van der Waals surface area contributed by atoms with Crippen LogP contribution in [-0.4, -0.2) is 36.9 Å². The van der Waals surface area contributed by atoms with Crippen molar-refractivity contribution in [3.63, 3.8) is 0 Å². The molecule has 1 amide bonds. The van der Waals surface area contributed by atoms with E-state index in [1.807, 2.05) is 24.3 Å². The predicted molar refractivity (Wildman–Crippen MR) is 99.8 cm³/mol. The summed E-state index contributed by atoms with van der Waals surface area (Å²) in [5.74, 6) is -0.647. The average molecular weight is 432 g/mol.